The first-order chi connectivity index (χ1) is 12.3. The van der Waals surface area contributed by atoms with Gasteiger partial charge in [-0.2, -0.15) is 0 Å². The average molecular weight is 356 g/mol. The van der Waals surface area contributed by atoms with Gasteiger partial charge in [-0.15, -0.1) is 0 Å². The molecule has 1 atom stereocenters. The van der Waals surface area contributed by atoms with Crippen LogP contribution in [0.25, 0.3) is 11.0 Å². The number of carbonyl (C=O) groups excluding carboxylic acids is 1. The Morgan fingerprint density at radius 1 is 1.04 bits per heavy atom. The molecule has 6 heteroatoms. The zero-order valence-electron chi connectivity index (χ0n) is 14.1. The van der Waals surface area contributed by atoms with Crippen molar-refractivity contribution in [1.29, 1.82) is 0 Å². The molecule has 1 aliphatic heterocycles. The molecule has 0 saturated carbocycles. The third-order valence-corrected chi connectivity index (χ3v) is 4.60. The SMILES string of the molecule is Cc1cc2oc(=O)cc(C)c2c2c1C(=O)CC(c1ccc(F)cc1F)O2. The number of aryl methyl sites for hydroxylation is 2. The van der Waals surface area contributed by atoms with Gasteiger partial charge in [-0.05, 0) is 43.2 Å². The summed E-state index contributed by atoms with van der Waals surface area (Å²) in [6.45, 7) is 3.44. The number of hydrogen-bond donors (Lipinski definition) is 0. The number of hydrogen-bond acceptors (Lipinski definition) is 4. The number of halogens is 2. The van der Waals surface area contributed by atoms with Crippen LogP contribution >= 0.6 is 0 Å². The molecule has 0 saturated heterocycles. The monoisotopic (exact) mass is 356 g/mol. The van der Waals surface area contributed by atoms with Gasteiger partial charge in [-0.3, -0.25) is 4.79 Å². The lowest BCUT2D eigenvalue weighted by atomic mass is 9.91. The predicted octanol–water partition coefficient (Wildman–Crippen LogP) is 4.39. The van der Waals surface area contributed by atoms with Gasteiger partial charge in [0.25, 0.3) is 0 Å². The van der Waals surface area contributed by atoms with Crippen LogP contribution < -0.4 is 10.4 Å². The normalized spacial score (nSPS) is 16.5. The summed E-state index contributed by atoms with van der Waals surface area (Å²) in [5.74, 6) is -1.41. The number of rotatable bonds is 1. The van der Waals surface area contributed by atoms with Crippen molar-refractivity contribution in [3.05, 3.63) is 74.6 Å². The summed E-state index contributed by atoms with van der Waals surface area (Å²) in [7, 11) is 0. The van der Waals surface area contributed by atoms with Crippen molar-refractivity contribution < 1.29 is 22.7 Å². The van der Waals surface area contributed by atoms with Crippen molar-refractivity contribution in [3.63, 3.8) is 0 Å². The van der Waals surface area contributed by atoms with Gasteiger partial charge in [0.2, 0.25) is 0 Å². The second-order valence-corrected chi connectivity index (χ2v) is 6.42. The molecule has 4 nitrogen and oxygen atoms in total. The average Bonchev–Trinajstić information content (AvgIpc) is 2.53. The molecule has 3 aromatic rings. The van der Waals surface area contributed by atoms with E-state index in [2.05, 4.69) is 0 Å². The van der Waals surface area contributed by atoms with E-state index in [-0.39, 0.29) is 23.5 Å². The van der Waals surface area contributed by atoms with Crippen LogP contribution in [-0.2, 0) is 0 Å². The highest BCUT2D eigenvalue weighted by Crippen LogP contribution is 2.42. The van der Waals surface area contributed by atoms with Gasteiger partial charge in [0.15, 0.2) is 5.78 Å². The summed E-state index contributed by atoms with van der Waals surface area (Å²) in [5, 5.41) is 0.505. The van der Waals surface area contributed by atoms with Crippen LogP contribution in [0.4, 0.5) is 8.78 Å². The van der Waals surface area contributed by atoms with Gasteiger partial charge in [0.1, 0.15) is 29.1 Å². The molecule has 0 spiro atoms. The first kappa shape index (κ1) is 16.4. The highest BCUT2D eigenvalue weighted by atomic mass is 19.1. The topological polar surface area (TPSA) is 56.5 Å². The van der Waals surface area contributed by atoms with Crippen LogP contribution in [-0.4, -0.2) is 5.78 Å². The molecule has 2 heterocycles. The number of fused-ring (bicyclic) bond motifs is 3. The number of Topliss-reactive ketones (excluding diaryl/α,β-unsaturated/α-hetero) is 1. The van der Waals surface area contributed by atoms with Gasteiger partial charge in [0.05, 0.1) is 17.4 Å². The van der Waals surface area contributed by atoms with E-state index < -0.39 is 23.4 Å². The Hall–Kier alpha value is -3.02. The molecule has 26 heavy (non-hydrogen) atoms. The second-order valence-electron chi connectivity index (χ2n) is 6.42. The van der Waals surface area contributed by atoms with Crippen LogP contribution in [0.15, 0.2) is 39.5 Å². The Labute approximate surface area is 147 Å². The fraction of sp³-hybridized carbons (Fsp3) is 0.200. The Kier molecular flexibility index (Phi) is 3.64. The summed E-state index contributed by atoms with van der Waals surface area (Å²) >= 11 is 0. The lowest BCUT2D eigenvalue weighted by Crippen LogP contribution is -2.23. The lowest BCUT2D eigenvalue weighted by Gasteiger charge is -2.28. The summed E-state index contributed by atoms with van der Waals surface area (Å²) in [4.78, 5) is 24.4. The van der Waals surface area contributed by atoms with Crippen LogP contribution in [0.1, 0.15) is 39.6 Å². The predicted molar refractivity (Wildman–Crippen MR) is 90.6 cm³/mol. The maximum absolute atomic E-state index is 14.2. The van der Waals surface area contributed by atoms with Gasteiger partial charge < -0.3 is 9.15 Å². The van der Waals surface area contributed by atoms with Crippen molar-refractivity contribution in [1.82, 2.24) is 0 Å². The zero-order valence-corrected chi connectivity index (χ0v) is 14.1. The van der Waals surface area contributed by atoms with E-state index in [0.717, 1.165) is 12.1 Å². The van der Waals surface area contributed by atoms with Crippen LogP contribution in [0.5, 0.6) is 5.75 Å². The molecule has 132 valence electrons. The van der Waals surface area contributed by atoms with Crippen molar-refractivity contribution >= 4 is 16.8 Å². The van der Waals surface area contributed by atoms with E-state index in [4.69, 9.17) is 9.15 Å². The van der Waals surface area contributed by atoms with E-state index in [0.29, 0.717) is 27.7 Å². The van der Waals surface area contributed by atoms with Crippen molar-refractivity contribution in [2.75, 3.05) is 0 Å². The maximum Gasteiger partial charge on any atom is 0.336 e. The number of ether oxygens (including phenoxy) is 1. The lowest BCUT2D eigenvalue weighted by molar-refractivity contribution is 0.0848. The van der Waals surface area contributed by atoms with Crippen molar-refractivity contribution in [2.24, 2.45) is 0 Å². The Balaban J connectivity index is 1.95. The molecule has 0 amide bonds. The smallest absolute Gasteiger partial charge is 0.336 e. The quantitative estimate of drug-likeness (QED) is 0.607. The molecule has 0 N–H and O–H groups in total. The molecule has 4 rings (SSSR count). The van der Waals surface area contributed by atoms with Crippen LogP contribution in [0.2, 0.25) is 0 Å². The molecule has 0 bridgehead atoms. The maximum atomic E-state index is 14.2. The summed E-state index contributed by atoms with van der Waals surface area (Å²) in [6, 6.07) is 6.10. The third-order valence-electron chi connectivity index (χ3n) is 4.60. The van der Waals surface area contributed by atoms with Crippen LogP contribution in [0, 0.1) is 25.5 Å². The standard InChI is InChI=1S/C20H14F2O4/c1-9-5-16-19(10(2)6-17(24)25-16)20-18(9)14(23)8-15(26-20)12-4-3-11(21)7-13(12)22/h3-7,15H,8H2,1-2H3. The van der Waals surface area contributed by atoms with E-state index >= 15 is 0 Å². The minimum Gasteiger partial charge on any atom is -0.484 e. The molecule has 1 aromatic heterocycles. The number of benzene rings is 2. The summed E-state index contributed by atoms with van der Waals surface area (Å²) in [6.07, 6.45) is -0.940. The van der Waals surface area contributed by atoms with Gasteiger partial charge >= 0.3 is 5.63 Å². The fourth-order valence-electron chi connectivity index (χ4n) is 3.45. The fourth-order valence-corrected chi connectivity index (χ4v) is 3.45. The number of ketones is 1. The molecule has 2 aromatic carbocycles. The Morgan fingerprint density at radius 3 is 2.54 bits per heavy atom. The van der Waals surface area contributed by atoms with Gasteiger partial charge in [-0.25, -0.2) is 13.6 Å². The van der Waals surface area contributed by atoms with Crippen molar-refractivity contribution in [2.45, 2.75) is 26.4 Å². The second kappa shape index (κ2) is 5.76. The molecular weight excluding hydrogens is 342 g/mol. The molecule has 0 aliphatic carbocycles. The van der Waals surface area contributed by atoms with Crippen LogP contribution in [0.3, 0.4) is 0 Å². The minimum absolute atomic E-state index is 0.0578. The molecule has 0 fully saturated rings. The Bertz CT molecular complexity index is 1130. The van der Waals surface area contributed by atoms with E-state index in [1.165, 1.54) is 12.1 Å². The van der Waals surface area contributed by atoms with Gasteiger partial charge in [-0.1, -0.05) is 0 Å². The highest BCUT2D eigenvalue weighted by molar-refractivity contribution is 6.07. The molecular formula is C20H14F2O4. The van der Waals surface area contributed by atoms with Gasteiger partial charge in [0, 0.05) is 17.7 Å². The summed E-state index contributed by atoms with van der Waals surface area (Å²) < 4.78 is 38.6. The van der Waals surface area contributed by atoms with E-state index in [9.17, 15) is 18.4 Å². The third kappa shape index (κ3) is 2.49. The highest BCUT2D eigenvalue weighted by Gasteiger charge is 2.33. The van der Waals surface area contributed by atoms with Crippen molar-refractivity contribution in [3.8, 4) is 5.75 Å². The minimum atomic E-state index is -0.882. The van der Waals surface area contributed by atoms with E-state index in [1.807, 2.05) is 0 Å². The largest absolute Gasteiger partial charge is 0.484 e. The zero-order chi connectivity index (χ0) is 18.6. The first-order valence-electron chi connectivity index (χ1n) is 8.08. The molecule has 1 aliphatic rings. The molecule has 0 radical (unpaired) electrons. The summed E-state index contributed by atoms with van der Waals surface area (Å²) in [5.41, 5.74) is 1.52. The molecule has 1 unspecified atom stereocenters. The Morgan fingerprint density at radius 2 is 1.81 bits per heavy atom. The number of carbonyl (C=O) groups is 1. The first-order valence-corrected chi connectivity index (χ1v) is 8.08. The van der Waals surface area contributed by atoms with E-state index in [1.54, 1.807) is 19.9 Å².